The number of aliphatic hydroxyl groups excluding tert-OH is 1. The zero-order valence-corrected chi connectivity index (χ0v) is 20.4. The minimum atomic E-state index is -2.04. The molecule has 2 amide bonds. The second-order valence-electron chi connectivity index (χ2n) is 10.5. The maximum Gasteiger partial charge on any atom is 0.410 e. The molecule has 0 aliphatic carbocycles. The van der Waals surface area contributed by atoms with Crippen molar-refractivity contribution >= 4 is 20.3 Å². The Morgan fingerprint density at radius 1 is 1.24 bits per heavy atom. The molecule has 0 radical (unpaired) electrons. The van der Waals surface area contributed by atoms with Crippen molar-refractivity contribution in [1.29, 1.82) is 0 Å². The van der Waals surface area contributed by atoms with Crippen LogP contribution in [-0.4, -0.2) is 73.8 Å². The highest BCUT2D eigenvalue weighted by molar-refractivity contribution is 6.74. The molecule has 0 aromatic rings. The second-order valence-corrected chi connectivity index (χ2v) is 15.3. The van der Waals surface area contributed by atoms with E-state index in [9.17, 15) is 14.7 Å². The third kappa shape index (κ3) is 6.94. The number of nitrogens with zero attached hydrogens (tertiary/aromatic N) is 1. The summed E-state index contributed by atoms with van der Waals surface area (Å²) in [5.41, 5.74) is 4.14. The van der Waals surface area contributed by atoms with E-state index in [4.69, 9.17) is 14.9 Å². The Morgan fingerprint density at radius 3 is 2.28 bits per heavy atom. The molecule has 1 fully saturated rings. The molecule has 0 spiro atoms. The van der Waals surface area contributed by atoms with Crippen LogP contribution in [0.2, 0.25) is 18.1 Å². The van der Waals surface area contributed by atoms with Crippen molar-refractivity contribution in [3.63, 3.8) is 0 Å². The highest BCUT2D eigenvalue weighted by Gasteiger charge is 2.45. The topological polar surface area (TPSA) is 114 Å². The number of carbonyl (C=O) groups excluding carboxylic acids is 2. The summed E-state index contributed by atoms with van der Waals surface area (Å²) in [6, 6.07) is -0.700. The fourth-order valence-electron chi connectivity index (χ4n) is 3.01. The van der Waals surface area contributed by atoms with E-state index in [-0.39, 0.29) is 24.8 Å². The number of ether oxygens (including phenoxy) is 1. The van der Waals surface area contributed by atoms with E-state index in [1.165, 1.54) is 0 Å². The van der Waals surface area contributed by atoms with Crippen LogP contribution in [0.15, 0.2) is 0 Å². The summed E-state index contributed by atoms with van der Waals surface area (Å²) in [5, 5.41) is 13.3. The van der Waals surface area contributed by atoms with Crippen LogP contribution in [0, 0.1) is 0 Å². The molecule has 9 heteroatoms. The molecule has 1 unspecified atom stereocenters. The summed E-state index contributed by atoms with van der Waals surface area (Å²) >= 11 is 0. The van der Waals surface area contributed by atoms with Crippen molar-refractivity contribution in [2.75, 3.05) is 26.3 Å². The lowest BCUT2D eigenvalue weighted by Crippen LogP contribution is -2.60. The van der Waals surface area contributed by atoms with Crippen LogP contribution in [0.4, 0.5) is 4.79 Å². The van der Waals surface area contributed by atoms with E-state index in [0.29, 0.717) is 13.0 Å². The fourth-order valence-corrected chi connectivity index (χ4v) is 4.02. The number of primary amides is 1. The zero-order chi connectivity index (χ0) is 22.7. The van der Waals surface area contributed by atoms with E-state index in [1.54, 1.807) is 25.7 Å². The molecule has 2 atom stereocenters. The number of rotatable bonds is 8. The van der Waals surface area contributed by atoms with Gasteiger partial charge in [-0.15, -0.1) is 0 Å². The minimum absolute atomic E-state index is 0.0144. The molecule has 1 aliphatic heterocycles. The Hall–Kier alpha value is -1.16. The smallest absolute Gasteiger partial charge is 0.410 e. The van der Waals surface area contributed by atoms with Crippen LogP contribution in [-0.2, 0) is 14.0 Å². The lowest BCUT2D eigenvalue weighted by Gasteiger charge is -2.39. The molecule has 1 saturated heterocycles. The first-order valence-corrected chi connectivity index (χ1v) is 13.2. The first-order chi connectivity index (χ1) is 13.0. The van der Waals surface area contributed by atoms with Gasteiger partial charge < -0.3 is 25.3 Å². The van der Waals surface area contributed by atoms with E-state index < -0.39 is 37.5 Å². The molecule has 29 heavy (non-hydrogen) atoms. The minimum Gasteiger partial charge on any atom is -0.444 e. The van der Waals surface area contributed by atoms with Gasteiger partial charge in [0.15, 0.2) is 8.32 Å². The van der Waals surface area contributed by atoms with Crippen molar-refractivity contribution in [3.8, 4) is 0 Å². The Bertz CT molecular complexity index is 586. The number of nitrogens with one attached hydrogen (secondary N) is 1. The van der Waals surface area contributed by atoms with Crippen molar-refractivity contribution in [3.05, 3.63) is 0 Å². The Labute approximate surface area is 176 Å². The Kier molecular flexibility index (Phi) is 8.32. The molecule has 4 N–H and O–H groups in total. The number of nitrogens with two attached hydrogens (primary N) is 1. The number of carbonyl (C=O) groups is 2. The quantitative estimate of drug-likeness (QED) is 0.508. The van der Waals surface area contributed by atoms with Gasteiger partial charge in [0, 0.05) is 13.1 Å². The third-order valence-corrected chi connectivity index (χ3v) is 10.4. The van der Waals surface area contributed by atoms with Crippen LogP contribution in [0.25, 0.3) is 0 Å². The van der Waals surface area contributed by atoms with Gasteiger partial charge in [0.25, 0.3) is 0 Å². The lowest BCUT2D eigenvalue weighted by atomic mass is 9.97. The highest BCUT2D eigenvalue weighted by atomic mass is 28.4. The van der Waals surface area contributed by atoms with Gasteiger partial charge >= 0.3 is 6.09 Å². The summed E-state index contributed by atoms with van der Waals surface area (Å²) in [6.45, 7) is 16.7. The van der Waals surface area contributed by atoms with Crippen molar-refractivity contribution in [2.24, 2.45) is 5.73 Å². The molecule has 0 saturated carbocycles. The van der Waals surface area contributed by atoms with Gasteiger partial charge in [-0.05, 0) is 51.7 Å². The Morgan fingerprint density at radius 2 is 1.83 bits per heavy atom. The molecular weight excluding hydrogens is 390 g/mol. The second kappa shape index (κ2) is 9.32. The summed E-state index contributed by atoms with van der Waals surface area (Å²) in [7, 11) is -2.04. The van der Waals surface area contributed by atoms with E-state index >= 15 is 0 Å². The summed E-state index contributed by atoms with van der Waals surface area (Å²) in [4.78, 5) is 26.2. The van der Waals surface area contributed by atoms with Gasteiger partial charge in [-0.2, -0.15) is 0 Å². The van der Waals surface area contributed by atoms with E-state index in [2.05, 4.69) is 39.2 Å². The van der Waals surface area contributed by atoms with Gasteiger partial charge in [0.1, 0.15) is 11.6 Å². The number of hydrogen-bond acceptors (Lipinski definition) is 6. The van der Waals surface area contributed by atoms with Crippen LogP contribution in [0.1, 0.15) is 54.4 Å². The van der Waals surface area contributed by atoms with Gasteiger partial charge in [-0.25, -0.2) is 4.79 Å². The van der Waals surface area contributed by atoms with E-state index in [0.717, 1.165) is 6.42 Å². The number of hydrogen-bond donors (Lipinski definition) is 3. The largest absolute Gasteiger partial charge is 0.444 e. The van der Waals surface area contributed by atoms with Crippen LogP contribution in [0.5, 0.6) is 0 Å². The molecule has 170 valence electrons. The lowest BCUT2D eigenvalue weighted by molar-refractivity contribution is -0.121. The Balaban J connectivity index is 2.85. The molecule has 0 aromatic heterocycles. The van der Waals surface area contributed by atoms with Crippen LogP contribution in [0.3, 0.4) is 0 Å². The number of amides is 2. The summed E-state index contributed by atoms with van der Waals surface area (Å²) in [6.07, 6.45) is 0.909. The maximum absolute atomic E-state index is 12.6. The van der Waals surface area contributed by atoms with Gasteiger partial charge in [0.05, 0.1) is 18.8 Å². The van der Waals surface area contributed by atoms with Gasteiger partial charge in [-0.1, -0.05) is 20.8 Å². The summed E-state index contributed by atoms with van der Waals surface area (Å²) < 4.78 is 11.6. The molecule has 8 nitrogen and oxygen atoms in total. The number of likely N-dealkylation sites (tertiary alicyclic amines) is 1. The SMILES string of the molecule is CC(C)(C)OC(=O)N1CCCC1(CO)CN[C@@H](CO[Si](C)(C)C(C)(C)C)C(N)=O. The molecule has 1 aliphatic rings. The monoisotopic (exact) mass is 431 g/mol. The van der Waals surface area contributed by atoms with Gasteiger partial charge in [0.2, 0.25) is 5.91 Å². The zero-order valence-electron chi connectivity index (χ0n) is 19.4. The average Bonchev–Trinajstić information content (AvgIpc) is 2.96. The fraction of sp³-hybridized carbons (Fsp3) is 0.900. The molecule has 0 bridgehead atoms. The van der Waals surface area contributed by atoms with Crippen molar-refractivity contribution in [2.45, 2.75) is 89.7 Å². The van der Waals surface area contributed by atoms with Crippen molar-refractivity contribution in [1.82, 2.24) is 10.2 Å². The molecule has 1 heterocycles. The van der Waals surface area contributed by atoms with E-state index in [1.807, 2.05) is 0 Å². The first kappa shape index (κ1) is 25.9. The molecular formula is C20H41N3O5Si. The standard InChI is InChI=1S/C20H41N3O5Si/c1-18(2,3)28-17(26)23-11-9-10-20(23,14-24)13-22-15(16(21)25)12-27-29(7,8)19(4,5)6/h15,22,24H,9-14H2,1-8H3,(H2,21,25)/t15-,20?/m0/s1. The highest BCUT2D eigenvalue weighted by Crippen LogP contribution is 2.36. The predicted octanol–water partition coefficient (Wildman–Crippen LogP) is 2.21. The van der Waals surface area contributed by atoms with Gasteiger partial charge in [-0.3, -0.25) is 9.69 Å². The summed E-state index contributed by atoms with van der Waals surface area (Å²) in [5.74, 6) is -0.515. The molecule has 1 rings (SSSR count). The van der Waals surface area contributed by atoms with Crippen LogP contribution < -0.4 is 11.1 Å². The normalized spacial score (nSPS) is 21.9. The number of aliphatic hydroxyl groups is 1. The predicted molar refractivity (Wildman–Crippen MR) is 116 cm³/mol. The maximum atomic E-state index is 12.6. The van der Waals surface area contributed by atoms with Crippen molar-refractivity contribution < 1.29 is 23.9 Å². The third-order valence-electron chi connectivity index (χ3n) is 5.94. The first-order valence-electron chi connectivity index (χ1n) is 10.3. The average molecular weight is 432 g/mol. The van der Waals surface area contributed by atoms with Crippen LogP contribution >= 0.6 is 0 Å². The molecule has 0 aromatic carbocycles.